The molecule has 1 aliphatic rings. The van der Waals surface area contributed by atoms with E-state index in [-0.39, 0.29) is 12.5 Å². The maximum Gasteiger partial charge on any atom is 0.414 e. The van der Waals surface area contributed by atoms with Crippen molar-refractivity contribution < 1.29 is 29.4 Å². The van der Waals surface area contributed by atoms with Crippen molar-refractivity contribution in [2.24, 2.45) is 5.73 Å². The van der Waals surface area contributed by atoms with Crippen molar-refractivity contribution in [3.63, 3.8) is 0 Å². The van der Waals surface area contributed by atoms with E-state index in [1.807, 2.05) is 4.90 Å². The van der Waals surface area contributed by atoms with Gasteiger partial charge in [-0.1, -0.05) is 12.2 Å². The van der Waals surface area contributed by atoms with E-state index in [0.29, 0.717) is 23.7 Å². The first-order valence-electron chi connectivity index (χ1n) is 8.85. The van der Waals surface area contributed by atoms with E-state index in [1.165, 1.54) is 16.2 Å². The first-order valence-corrected chi connectivity index (χ1v) is 9.67. The number of carboxylic acid groups (broad SMARTS) is 2. The summed E-state index contributed by atoms with van der Waals surface area (Å²) in [6.07, 6.45) is 7.48. The van der Waals surface area contributed by atoms with Gasteiger partial charge in [0, 0.05) is 18.0 Å². The topological polar surface area (TPSA) is 150 Å². The van der Waals surface area contributed by atoms with E-state index in [2.05, 4.69) is 18.5 Å². The number of primary amides is 1. The van der Waals surface area contributed by atoms with Gasteiger partial charge in [-0.3, -0.25) is 14.5 Å². The molecule has 0 saturated heterocycles. The normalized spacial score (nSPS) is 12.2. The van der Waals surface area contributed by atoms with Crippen molar-refractivity contribution in [3.8, 4) is 0 Å². The molecule has 1 aromatic heterocycles. The number of carbonyl (C=O) groups is 4. The summed E-state index contributed by atoms with van der Waals surface area (Å²) in [5.74, 6) is -4.27. The molecule has 158 valence electrons. The summed E-state index contributed by atoms with van der Waals surface area (Å²) in [5.41, 5.74) is 7.06. The minimum Gasteiger partial charge on any atom is -0.473 e. The SMILES string of the molecule is C=CCN(CC=C)CC(=O)Nc1sc2c(c1C(N)=O)CCCC2.O=C(O)C(=O)O. The molecule has 0 fully saturated rings. The Labute approximate surface area is 172 Å². The summed E-state index contributed by atoms with van der Waals surface area (Å²) in [7, 11) is 0. The lowest BCUT2D eigenvalue weighted by Gasteiger charge is -2.17. The molecule has 0 spiro atoms. The number of anilines is 1. The van der Waals surface area contributed by atoms with Crippen LogP contribution in [0, 0.1) is 0 Å². The quantitative estimate of drug-likeness (QED) is 0.365. The van der Waals surface area contributed by atoms with Gasteiger partial charge in [-0.15, -0.1) is 24.5 Å². The molecule has 10 heteroatoms. The number of nitrogens with zero attached hydrogens (tertiary/aromatic N) is 1. The van der Waals surface area contributed by atoms with Crippen LogP contribution in [0.15, 0.2) is 25.3 Å². The number of nitrogens with one attached hydrogen (secondary N) is 1. The first-order chi connectivity index (χ1) is 13.7. The van der Waals surface area contributed by atoms with Gasteiger partial charge in [0.1, 0.15) is 5.00 Å². The monoisotopic (exact) mass is 423 g/mol. The zero-order valence-electron chi connectivity index (χ0n) is 16.0. The van der Waals surface area contributed by atoms with Crippen LogP contribution in [0.5, 0.6) is 0 Å². The van der Waals surface area contributed by atoms with Crippen LogP contribution in [0.25, 0.3) is 0 Å². The number of aryl methyl sites for hydroxylation is 1. The lowest BCUT2D eigenvalue weighted by molar-refractivity contribution is -0.159. The first kappa shape index (κ1) is 24.1. The van der Waals surface area contributed by atoms with Gasteiger partial charge in [0.05, 0.1) is 12.1 Å². The van der Waals surface area contributed by atoms with Crippen molar-refractivity contribution in [1.29, 1.82) is 0 Å². The Bertz CT molecular complexity index is 780. The number of hydrogen-bond acceptors (Lipinski definition) is 6. The Hall–Kier alpha value is -2.98. The standard InChI is InChI=1S/C17H23N3O2S.C2H2O4/c1-3-9-20(10-4-2)11-14(21)19-17-15(16(18)22)12-7-5-6-8-13(12)23-17;3-1(4)2(5)6/h3-4H,1-2,5-11H2,(H2,18,22)(H,19,21);(H,3,4)(H,5,6). The van der Waals surface area contributed by atoms with Crippen LogP contribution < -0.4 is 11.1 Å². The van der Waals surface area contributed by atoms with Crippen LogP contribution >= 0.6 is 11.3 Å². The molecule has 2 rings (SSSR count). The van der Waals surface area contributed by atoms with Crippen LogP contribution in [0.4, 0.5) is 5.00 Å². The predicted molar refractivity (Wildman–Crippen MR) is 110 cm³/mol. The number of hydrogen-bond donors (Lipinski definition) is 4. The van der Waals surface area contributed by atoms with Gasteiger partial charge in [-0.2, -0.15) is 0 Å². The van der Waals surface area contributed by atoms with Crippen molar-refractivity contribution in [2.45, 2.75) is 25.7 Å². The highest BCUT2D eigenvalue weighted by Gasteiger charge is 2.25. The van der Waals surface area contributed by atoms with Crippen LogP contribution in [-0.4, -0.2) is 58.5 Å². The number of fused-ring (bicyclic) bond motifs is 1. The molecular weight excluding hydrogens is 398 g/mol. The minimum atomic E-state index is -1.82. The van der Waals surface area contributed by atoms with Crippen LogP contribution in [-0.2, 0) is 27.2 Å². The Morgan fingerprint density at radius 3 is 2.10 bits per heavy atom. The molecule has 0 atom stereocenters. The Balaban J connectivity index is 0.000000612. The molecule has 0 bridgehead atoms. The number of aliphatic carboxylic acids is 2. The molecule has 0 saturated carbocycles. The lowest BCUT2D eigenvalue weighted by Crippen LogP contribution is -2.33. The fourth-order valence-corrected chi connectivity index (χ4v) is 4.16. The van der Waals surface area contributed by atoms with Crippen LogP contribution in [0.2, 0.25) is 0 Å². The number of rotatable bonds is 8. The van der Waals surface area contributed by atoms with Gasteiger partial charge in [-0.25, -0.2) is 9.59 Å². The highest BCUT2D eigenvalue weighted by atomic mass is 32.1. The molecule has 1 aromatic rings. The van der Waals surface area contributed by atoms with E-state index < -0.39 is 17.8 Å². The zero-order chi connectivity index (χ0) is 22.0. The third-order valence-corrected chi connectivity index (χ3v) is 5.20. The second kappa shape index (κ2) is 11.8. The van der Waals surface area contributed by atoms with E-state index >= 15 is 0 Å². The van der Waals surface area contributed by atoms with Gasteiger partial charge in [0.2, 0.25) is 5.91 Å². The number of carbonyl (C=O) groups excluding carboxylic acids is 2. The average Bonchev–Trinajstić information content (AvgIpc) is 3.00. The van der Waals surface area contributed by atoms with Gasteiger partial charge in [-0.05, 0) is 31.2 Å². The maximum absolute atomic E-state index is 12.3. The van der Waals surface area contributed by atoms with E-state index in [1.54, 1.807) is 12.2 Å². The van der Waals surface area contributed by atoms with Crippen molar-refractivity contribution in [3.05, 3.63) is 41.3 Å². The second-order valence-corrected chi connectivity index (χ2v) is 7.31. The molecular formula is C19H25N3O6S. The minimum absolute atomic E-state index is 0.158. The van der Waals surface area contributed by atoms with Crippen molar-refractivity contribution in [1.82, 2.24) is 4.90 Å². The molecule has 0 aliphatic heterocycles. The van der Waals surface area contributed by atoms with Gasteiger partial charge in [0.25, 0.3) is 5.91 Å². The van der Waals surface area contributed by atoms with Gasteiger partial charge in [0.15, 0.2) is 0 Å². The highest BCUT2D eigenvalue weighted by molar-refractivity contribution is 7.17. The number of thiophene rings is 1. The summed E-state index contributed by atoms with van der Waals surface area (Å²) >= 11 is 1.48. The van der Waals surface area contributed by atoms with E-state index in [0.717, 1.165) is 31.2 Å². The summed E-state index contributed by atoms with van der Waals surface area (Å²) in [6, 6.07) is 0. The Kier molecular flexibility index (Phi) is 9.76. The van der Waals surface area contributed by atoms with Gasteiger partial charge >= 0.3 is 11.9 Å². The fourth-order valence-electron chi connectivity index (χ4n) is 2.85. The third kappa shape index (κ3) is 7.51. The fraction of sp³-hybridized carbons (Fsp3) is 0.368. The molecule has 29 heavy (non-hydrogen) atoms. The lowest BCUT2D eigenvalue weighted by atomic mass is 9.95. The zero-order valence-corrected chi connectivity index (χ0v) is 16.8. The van der Waals surface area contributed by atoms with Gasteiger partial charge < -0.3 is 21.3 Å². The molecule has 0 radical (unpaired) electrons. The van der Waals surface area contributed by atoms with Crippen LogP contribution in [0.3, 0.4) is 0 Å². The summed E-state index contributed by atoms with van der Waals surface area (Å²) in [4.78, 5) is 45.4. The second-order valence-electron chi connectivity index (χ2n) is 6.21. The molecule has 5 N–H and O–H groups in total. The predicted octanol–water partition coefficient (Wildman–Crippen LogP) is 1.49. The van der Waals surface area contributed by atoms with E-state index in [4.69, 9.17) is 25.5 Å². The molecule has 2 amide bonds. The highest BCUT2D eigenvalue weighted by Crippen LogP contribution is 2.37. The summed E-state index contributed by atoms with van der Waals surface area (Å²) < 4.78 is 0. The molecule has 9 nitrogen and oxygen atoms in total. The number of nitrogens with two attached hydrogens (primary N) is 1. The molecule has 0 unspecified atom stereocenters. The number of amides is 2. The van der Waals surface area contributed by atoms with Crippen molar-refractivity contribution in [2.75, 3.05) is 25.0 Å². The molecule has 1 aliphatic carbocycles. The largest absolute Gasteiger partial charge is 0.473 e. The summed E-state index contributed by atoms with van der Waals surface area (Å²) in [6.45, 7) is 8.80. The third-order valence-electron chi connectivity index (χ3n) is 4.00. The number of carboxylic acids is 2. The summed E-state index contributed by atoms with van der Waals surface area (Å²) in [5, 5.41) is 18.2. The smallest absolute Gasteiger partial charge is 0.414 e. The maximum atomic E-state index is 12.3. The van der Waals surface area contributed by atoms with Crippen molar-refractivity contribution >= 4 is 40.1 Å². The Morgan fingerprint density at radius 2 is 1.62 bits per heavy atom. The molecule has 1 heterocycles. The average molecular weight is 423 g/mol. The van der Waals surface area contributed by atoms with Crippen LogP contribution in [0.1, 0.15) is 33.6 Å². The Morgan fingerprint density at radius 1 is 1.07 bits per heavy atom. The van der Waals surface area contributed by atoms with E-state index in [9.17, 15) is 9.59 Å². The molecule has 0 aromatic carbocycles.